The van der Waals surface area contributed by atoms with Crippen LogP contribution >= 0.6 is 0 Å². The molecule has 0 saturated carbocycles. The van der Waals surface area contributed by atoms with Gasteiger partial charge in [-0.05, 0) is 52.1 Å². The van der Waals surface area contributed by atoms with Gasteiger partial charge in [-0.3, -0.25) is 4.79 Å². The quantitative estimate of drug-likeness (QED) is 0.701. The number of carbonyl (C=O) groups is 1. The number of nitrogens with one attached hydrogen (secondary N) is 3. The van der Waals surface area contributed by atoms with Crippen LogP contribution in [0.5, 0.6) is 0 Å². The Balaban J connectivity index is 1.81. The summed E-state index contributed by atoms with van der Waals surface area (Å²) in [7, 11) is 2.11. The molecule has 3 N–H and O–H groups in total. The zero-order valence-corrected chi connectivity index (χ0v) is 13.2. The van der Waals surface area contributed by atoms with E-state index in [9.17, 15) is 4.79 Å². The zero-order valence-electron chi connectivity index (χ0n) is 13.2. The second-order valence-electron chi connectivity index (χ2n) is 5.80. The van der Waals surface area contributed by atoms with E-state index in [1.54, 1.807) is 0 Å². The van der Waals surface area contributed by atoms with Crippen LogP contribution in [0.25, 0.3) is 0 Å². The van der Waals surface area contributed by atoms with Crippen molar-refractivity contribution in [2.45, 2.75) is 26.3 Å². The van der Waals surface area contributed by atoms with Gasteiger partial charge in [0.25, 0.3) is 5.91 Å². The fourth-order valence-corrected chi connectivity index (χ4v) is 2.27. The Morgan fingerprint density at radius 3 is 2.71 bits per heavy atom. The highest BCUT2D eigenvalue weighted by atomic mass is 16.1. The van der Waals surface area contributed by atoms with E-state index in [1.807, 2.05) is 18.2 Å². The summed E-state index contributed by atoms with van der Waals surface area (Å²) in [4.78, 5) is 14.4. The lowest BCUT2D eigenvalue weighted by molar-refractivity contribution is 0.0951. The molecule has 5 heteroatoms. The first-order chi connectivity index (χ1) is 10.1. The van der Waals surface area contributed by atoms with Crippen LogP contribution in [0.1, 0.15) is 30.6 Å². The number of hydrogen-bond donors (Lipinski definition) is 3. The highest BCUT2D eigenvalue weighted by Crippen LogP contribution is 2.25. The molecule has 0 bridgehead atoms. The summed E-state index contributed by atoms with van der Waals surface area (Å²) in [6.45, 7) is 7.85. The minimum absolute atomic E-state index is 0.00243. The first-order valence-electron chi connectivity index (χ1n) is 7.68. The van der Waals surface area contributed by atoms with Crippen molar-refractivity contribution in [1.29, 1.82) is 0 Å². The molecule has 21 heavy (non-hydrogen) atoms. The highest BCUT2D eigenvalue weighted by Gasteiger charge is 2.11. The van der Waals surface area contributed by atoms with Crippen molar-refractivity contribution in [3.05, 3.63) is 23.8 Å². The number of hydrogen-bond acceptors (Lipinski definition) is 4. The second-order valence-corrected chi connectivity index (χ2v) is 5.80. The van der Waals surface area contributed by atoms with Crippen LogP contribution in [-0.2, 0) is 0 Å². The van der Waals surface area contributed by atoms with Crippen molar-refractivity contribution >= 4 is 17.3 Å². The molecule has 2 rings (SSSR count). The number of anilines is 2. The molecule has 1 aliphatic rings. The first kappa shape index (κ1) is 15.6. The van der Waals surface area contributed by atoms with E-state index < -0.39 is 0 Å². The smallest absolute Gasteiger partial charge is 0.251 e. The van der Waals surface area contributed by atoms with Crippen LogP contribution in [0.2, 0.25) is 0 Å². The Morgan fingerprint density at radius 1 is 1.29 bits per heavy atom. The number of carbonyl (C=O) groups excluding carboxylic acids is 1. The number of fused-ring (bicyclic) bond motifs is 1. The lowest BCUT2D eigenvalue weighted by atomic mass is 10.1. The van der Waals surface area contributed by atoms with Crippen molar-refractivity contribution in [1.82, 2.24) is 10.2 Å². The molecule has 0 fully saturated rings. The Kier molecular flexibility index (Phi) is 5.44. The molecule has 0 spiro atoms. The normalized spacial score (nSPS) is 13.6. The summed E-state index contributed by atoms with van der Waals surface area (Å²) < 4.78 is 0. The molecular formula is C16H26N4O. The van der Waals surface area contributed by atoms with E-state index in [-0.39, 0.29) is 5.91 Å². The molecule has 0 aromatic heterocycles. The summed E-state index contributed by atoms with van der Waals surface area (Å²) >= 11 is 0. The number of nitrogens with zero attached hydrogens (tertiary/aromatic N) is 1. The van der Waals surface area contributed by atoms with Gasteiger partial charge in [-0.2, -0.15) is 0 Å². The van der Waals surface area contributed by atoms with E-state index in [1.165, 1.54) is 0 Å². The minimum Gasteiger partial charge on any atom is -0.382 e. The molecule has 1 aromatic carbocycles. The molecule has 0 atom stereocenters. The summed E-state index contributed by atoms with van der Waals surface area (Å²) in [5.41, 5.74) is 2.78. The third kappa shape index (κ3) is 4.36. The van der Waals surface area contributed by atoms with Crippen molar-refractivity contribution in [3.8, 4) is 0 Å². The van der Waals surface area contributed by atoms with Gasteiger partial charge >= 0.3 is 0 Å². The summed E-state index contributed by atoms with van der Waals surface area (Å²) in [6, 6.07) is 6.29. The van der Waals surface area contributed by atoms with Gasteiger partial charge in [-0.1, -0.05) is 0 Å². The third-order valence-corrected chi connectivity index (χ3v) is 3.89. The fraction of sp³-hybridized carbons (Fsp3) is 0.562. The average molecular weight is 290 g/mol. The molecule has 116 valence electrons. The van der Waals surface area contributed by atoms with E-state index in [2.05, 4.69) is 41.7 Å². The van der Waals surface area contributed by atoms with Crippen LogP contribution in [-0.4, -0.2) is 50.1 Å². The Labute approximate surface area is 127 Å². The maximum atomic E-state index is 12.1. The summed E-state index contributed by atoms with van der Waals surface area (Å²) in [5, 5.41) is 9.59. The van der Waals surface area contributed by atoms with Gasteiger partial charge in [0.05, 0.1) is 11.4 Å². The molecule has 1 heterocycles. The van der Waals surface area contributed by atoms with E-state index in [0.29, 0.717) is 18.2 Å². The summed E-state index contributed by atoms with van der Waals surface area (Å²) in [6.07, 6.45) is 0.963. The second kappa shape index (κ2) is 7.31. The molecule has 0 unspecified atom stereocenters. The van der Waals surface area contributed by atoms with Crippen LogP contribution < -0.4 is 16.0 Å². The fourth-order valence-electron chi connectivity index (χ4n) is 2.27. The monoisotopic (exact) mass is 290 g/mol. The largest absolute Gasteiger partial charge is 0.382 e. The van der Waals surface area contributed by atoms with Crippen LogP contribution in [0.4, 0.5) is 11.4 Å². The number of rotatable bonds is 6. The minimum atomic E-state index is -0.00243. The van der Waals surface area contributed by atoms with Gasteiger partial charge in [0, 0.05) is 31.2 Å². The van der Waals surface area contributed by atoms with Gasteiger partial charge in [0.2, 0.25) is 0 Å². The average Bonchev–Trinajstić information content (AvgIpc) is 2.50. The van der Waals surface area contributed by atoms with Gasteiger partial charge in [-0.25, -0.2) is 0 Å². The van der Waals surface area contributed by atoms with Crippen LogP contribution in [0.15, 0.2) is 18.2 Å². The number of amides is 1. The van der Waals surface area contributed by atoms with Gasteiger partial charge in [-0.15, -0.1) is 0 Å². The molecule has 1 aliphatic heterocycles. The van der Waals surface area contributed by atoms with Crippen molar-refractivity contribution in [3.63, 3.8) is 0 Å². The summed E-state index contributed by atoms with van der Waals surface area (Å²) in [5.74, 6) is -0.00243. The van der Waals surface area contributed by atoms with E-state index >= 15 is 0 Å². The standard InChI is InChI=1S/C16H26N4O/c1-12(2)20(3)10-4-7-19-16(21)13-5-6-14-15(11-13)18-9-8-17-14/h5-6,11-12,17-18H,4,7-10H2,1-3H3,(H,19,21). The lowest BCUT2D eigenvalue weighted by Crippen LogP contribution is -2.31. The maximum absolute atomic E-state index is 12.1. The van der Waals surface area contributed by atoms with E-state index in [4.69, 9.17) is 0 Å². The Bertz CT molecular complexity index is 487. The lowest BCUT2D eigenvalue weighted by Gasteiger charge is -2.21. The number of benzene rings is 1. The van der Waals surface area contributed by atoms with E-state index in [0.717, 1.165) is 37.4 Å². The van der Waals surface area contributed by atoms with Gasteiger partial charge < -0.3 is 20.9 Å². The predicted octanol–water partition coefficient (Wildman–Crippen LogP) is 1.98. The Morgan fingerprint density at radius 2 is 2.00 bits per heavy atom. The molecule has 5 nitrogen and oxygen atoms in total. The van der Waals surface area contributed by atoms with Crippen LogP contribution in [0, 0.1) is 0 Å². The van der Waals surface area contributed by atoms with Gasteiger partial charge in [0.15, 0.2) is 0 Å². The predicted molar refractivity (Wildman–Crippen MR) is 88.1 cm³/mol. The third-order valence-electron chi connectivity index (χ3n) is 3.89. The molecule has 1 aromatic rings. The highest BCUT2D eigenvalue weighted by molar-refractivity contribution is 5.96. The maximum Gasteiger partial charge on any atom is 0.251 e. The van der Waals surface area contributed by atoms with Crippen molar-refractivity contribution < 1.29 is 4.79 Å². The van der Waals surface area contributed by atoms with Crippen molar-refractivity contribution in [2.24, 2.45) is 0 Å². The molecule has 0 aliphatic carbocycles. The zero-order chi connectivity index (χ0) is 15.2. The van der Waals surface area contributed by atoms with Crippen LogP contribution in [0.3, 0.4) is 0 Å². The molecular weight excluding hydrogens is 264 g/mol. The molecule has 1 amide bonds. The topological polar surface area (TPSA) is 56.4 Å². The molecule has 0 radical (unpaired) electrons. The van der Waals surface area contributed by atoms with Gasteiger partial charge in [0.1, 0.15) is 0 Å². The molecule has 0 saturated heterocycles. The Hall–Kier alpha value is -1.75. The first-order valence-corrected chi connectivity index (χ1v) is 7.68. The SMILES string of the molecule is CC(C)N(C)CCCNC(=O)c1ccc2c(c1)NCCN2. The van der Waals surface area contributed by atoms with Crippen molar-refractivity contribution in [2.75, 3.05) is 43.9 Å².